The number of para-hydroxylation sites is 1. The minimum atomic E-state index is -0.462. The molecule has 0 saturated carbocycles. The Bertz CT molecular complexity index is 719. The van der Waals surface area contributed by atoms with E-state index in [1.54, 1.807) is 30.3 Å². The predicted octanol–water partition coefficient (Wildman–Crippen LogP) is 3.56. The molecular weight excluding hydrogens is 280 g/mol. The van der Waals surface area contributed by atoms with Gasteiger partial charge >= 0.3 is 0 Å². The van der Waals surface area contributed by atoms with Crippen LogP contribution in [-0.2, 0) is 0 Å². The lowest BCUT2D eigenvalue weighted by Gasteiger charge is -2.11. The topological polar surface area (TPSA) is 63.5 Å². The lowest BCUT2D eigenvalue weighted by molar-refractivity contribution is -0.385. The van der Waals surface area contributed by atoms with E-state index < -0.39 is 4.92 Å². The molecule has 0 aromatic heterocycles. The zero-order valence-corrected chi connectivity index (χ0v) is 12.4. The highest BCUT2D eigenvalue weighted by molar-refractivity contribution is 6.07. The van der Waals surface area contributed by atoms with E-state index in [2.05, 4.69) is 0 Å². The Morgan fingerprint density at radius 2 is 1.73 bits per heavy atom. The fourth-order valence-electron chi connectivity index (χ4n) is 1.98. The highest BCUT2D eigenvalue weighted by Crippen LogP contribution is 2.19. The maximum atomic E-state index is 12.1. The summed E-state index contributed by atoms with van der Waals surface area (Å²) in [6, 6.07) is 13.5. The number of nitro benzene ring substituents is 1. The van der Waals surface area contributed by atoms with Gasteiger partial charge in [-0.3, -0.25) is 14.9 Å². The zero-order valence-electron chi connectivity index (χ0n) is 12.4. The van der Waals surface area contributed by atoms with Crippen molar-refractivity contribution in [3.63, 3.8) is 0 Å². The number of carbonyl (C=O) groups excluding carboxylic acids is 1. The molecule has 22 heavy (non-hydrogen) atoms. The number of nitrogens with zero attached hydrogens (tertiary/aromatic N) is 2. The van der Waals surface area contributed by atoms with Crippen molar-refractivity contribution in [2.45, 2.75) is 0 Å². The maximum absolute atomic E-state index is 12.1. The van der Waals surface area contributed by atoms with Crippen LogP contribution in [0.1, 0.15) is 15.9 Å². The number of benzene rings is 2. The number of hydrogen-bond donors (Lipinski definition) is 0. The molecule has 0 atom stereocenters. The van der Waals surface area contributed by atoms with Crippen LogP contribution in [0.4, 0.5) is 11.4 Å². The van der Waals surface area contributed by atoms with E-state index >= 15 is 0 Å². The van der Waals surface area contributed by atoms with Crippen LogP contribution < -0.4 is 4.90 Å². The molecule has 0 unspecified atom stereocenters. The Hall–Kier alpha value is -2.95. The summed E-state index contributed by atoms with van der Waals surface area (Å²) in [5, 5.41) is 10.9. The van der Waals surface area contributed by atoms with Crippen molar-refractivity contribution in [3.8, 4) is 0 Å². The average molecular weight is 296 g/mol. The molecule has 0 spiro atoms. The van der Waals surface area contributed by atoms with Gasteiger partial charge in [0.1, 0.15) is 0 Å². The molecule has 5 heteroatoms. The third-order valence-corrected chi connectivity index (χ3v) is 3.22. The van der Waals surface area contributed by atoms with Crippen LogP contribution in [0.5, 0.6) is 0 Å². The molecule has 0 radical (unpaired) electrons. The molecule has 0 bridgehead atoms. The third-order valence-electron chi connectivity index (χ3n) is 3.22. The monoisotopic (exact) mass is 296 g/mol. The second-order valence-electron chi connectivity index (χ2n) is 4.95. The van der Waals surface area contributed by atoms with E-state index in [1.807, 2.05) is 31.1 Å². The lowest BCUT2D eigenvalue weighted by Crippen LogP contribution is -2.08. The molecule has 0 aliphatic heterocycles. The van der Waals surface area contributed by atoms with E-state index in [1.165, 1.54) is 18.2 Å². The summed E-state index contributed by atoms with van der Waals surface area (Å²) in [7, 11) is 3.84. The van der Waals surface area contributed by atoms with E-state index in [-0.39, 0.29) is 11.5 Å². The van der Waals surface area contributed by atoms with Crippen LogP contribution in [0, 0.1) is 10.1 Å². The largest absolute Gasteiger partial charge is 0.378 e. The van der Waals surface area contributed by atoms with Crippen LogP contribution in [0.15, 0.2) is 54.6 Å². The number of anilines is 1. The predicted molar refractivity (Wildman–Crippen MR) is 87.2 cm³/mol. The van der Waals surface area contributed by atoms with E-state index in [9.17, 15) is 14.9 Å². The van der Waals surface area contributed by atoms with E-state index in [0.717, 1.165) is 5.69 Å². The van der Waals surface area contributed by atoms with Crippen molar-refractivity contribution in [2.24, 2.45) is 0 Å². The Kier molecular flexibility index (Phi) is 4.68. The number of allylic oxidation sites excluding steroid dienone is 1. The van der Waals surface area contributed by atoms with Gasteiger partial charge in [-0.2, -0.15) is 0 Å². The van der Waals surface area contributed by atoms with Crippen LogP contribution in [0.3, 0.4) is 0 Å². The molecule has 0 heterocycles. The summed E-state index contributed by atoms with van der Waals surface area (Å²) in [6.45, 7) is 0. The Morgan fingerprint density at radius 3 is 2.32 bits per heavy atom. The van der Waals surface area contributed by atoms with Gasteiger partial charge < -0.3 is 4.90 Å². The minimum Gasteiger partial charge on any atom is -0.378 e. The molecule has 0 fully saturated rings. The standard InChI is InChI=1S/C17H16N2O3/c1-18(2)15-10-7-14(8-11-15)17(20)12-9-13-5-3-4-6-16(13)19(21)22/h3-12H,1-2H3/b12-9+. The highest BCUT2D eigenvalue weighted by Gasteiger charge is 2.10. The van der Waals surface area contributed by atoms with Gasteiger partial charge in [0.05, 0.1) is 10.5 Å². The van der Waals surface area contributed by atoms with Gasteiger partial charge in [0.2, 0.25) is 0 Å². The van der Waals surface area contributed by atoms with Crippen LogP contribution >= 0.6 is 0 Å². The van der Waals surface area contributed by atoms with Gasteiger partial charge in [-0.25, -0.2) is 0 Å². The fourth-order valence-corrected chi connectivity index (χ4v) is 1.98. The second-order valence-corrected chi connectivity index (χ2v) is 4.95. The Morgan fingerprint density at radius 1 is 1.09 bits per heavy atom. The SMILES string of the molecule is CN(C)c1ccc(C(=O)/C=C/c2ccccc2[N+](=O)[O-])cc1. The summed E-state index contributed by atoms with van der Waals surface area (Å²) in [5.41, 5.74) is 1.93. The molecule has 5 nitrogen and oxygen atoms in total. The van der Waals surface area contributed by atoms with Crippen molar-refractivity contribution in [2.75, 3.05) is 19.0 Å². The smallest absolute Gasteiger partial charge is 0.276 e. The van der Waals surface area contributed by atoms with Crippen LogP contribution in [0.25, 0.3) is 6.08 Å². The van der Waals surface area contributed by atoms with Gasteiger partial charge in [-0.15, -0.1) is 0 Å². The van der Waals surface area contributed by atoms with Gasteiger partial charge in [-0.1, -0.05) is 12.1 Å². The molecule has 2 aromatic rings. The first kappa shape index (κ1) is 15.4. The summed E-state index contributed by atoms with van der Waals surface area (Å²) >= 11 is 0. The van der Waals surface area contributed by atoms with Crippen molar-refractivity contribution < 1.29 is 9.72 Å². The van der Waals surface area contributed by atoms with Crippen molar-refractivity contribution in [1.29, 1.82) is 0 Å². The molecule has 0 N–H and O–H groups in total. The molecule has 0 saturated heterocycles. The first-order valence-electron chi connectivity index (χ1n) is 6.72. The number of carbonyl (C=O) groups is 1. The van der Waals surface area contributed by atoms with Gasteiger partial charge in [0.25, 0.3) is 5.69 Å². The quantitative estimate of drug-likeness (QED) is 0.366. The molecule has 112 valence electrons. The summed E-state index contributed by atoms with van der Waals surface area (Å²) in [4.78, 5) is 24.5. The molecule has 2 rings (SSSR count). The number of ketones is 1. The first-order valence-corrected chi connectivity index (χ1v) is 6.72. The van der Waals surface area contributed by atoms with Crippen molar-refractivity contribution in [3.05, 3.63) is 75.8 Å². The van der Waals surface area contributed by atoms with Gasteiger partial charge in [-0.05, 0) is 42.5 Å². The maximum Gasteiger partial charge on any atom is 0.276 e. The molecule has 0 amide bonds. The summed E-state index contributed by atoms with van der Waals surface area (Å²) in [6.07, 6.45) is 2.83. The van der Waals surface area contributed by atoms with E-state index in [4.69, 9.17) is 0 Å². The van der Waals surface area contributed by atoms with Gasteiger partial charge in [0.15, 0.2) is 5.78 Å². The first-order chi connectivity index (χ1) is 10.5. The Balaban J connectivity index is 2.20. The highest BCUT2D eigenvalue weighted by atomic mass is 16.6. The minimum absolute atomic E-state index is 0.0190. The van der Waals surface area contributed by atoms with Gasteiger partial charge in [0, 0.05) is 31.4 Å². The summed E-state index contributed by atoms with van der Waals surface area (Å²) < 4.78 is 0. The van der Waals surface area contributed by atoms with Crippen molar-refractivity contribution in [1.82, 2.24) is 0 Å². The third kappa shape index (κ3) is 3.58. The molecule has 0 aliphatic carbocycles. The number of hydrogen-bond acceptors (Lipinski definition) is 4. The average Bonchev–Trinajstić information content (AvgIpc) is 2.52. The molecule has 2 aromatic carbocycles. The Labute approximate surface area is 128 Å². The van der Waals surface area contributed by atoms with Crippen molar-refractivity contribution >= 4 is 23.2 Å². The number of nitro groups is 1. The normalized spacial score (nSPS) is 10.6. The fraction of sp³-hybridized carbons (Fsp3) is 0.118. The number of rotatable bonds is 5. The van der Waals surface area contributed by atoms with Crippen LogP contribution in [-0.4, -0.2) is 24.8 Å². The lowest BCUT2D eigenvalue weighted by atomic mass is 10.1. The van der Waals surface area contributed by atoms with E-state index in [0.29, 0.717) is 11.1 Å². The zero-order chi connectivity index (χ0) is 16.1. The molecular formula is C17H16N2O3. The second kappa shape index (κ2) is 6.67. The van der Waals surface area contributed by atoms with Crippen LogP contribution in [0.2, 0.25) is 0 Å². The summed E-state index contributed by atoms with van der Waals surface area (Å²) in [5.74, 6) is -0.191. The molecule has 0 aliphatic rings.